The molecule has 2 atom stereocenters. The molecule has 114 valence electrons. The molecular formula is C16H23N3OS. The monoisotopic (exact) mass is 305 g/mol. The first kappa shape index (κ1) is 15.9. The Labute approximate surface area is 131 Å². The van der Waals surface area contributed by atoms with Gasteiger partial charge < -0.3 is 11.1 Å². The normalized spacial score (nSPS) is 22.8. The van der Waals surface area contributed by atoms with Crippen molar-refractivity contribution in [3.8, 4) is 0 Å². The van der Waals surface area contributed by atoms with Gasteiger partial charge in [0.2, 0.25) is 5.91 Å². The summed E-state index contributed by atoms with van der Waals surface area (Å²) < 4.78 is 0. The number of anilines is 1. The Morgan fingerprint density at radius 2 is 2.14 bits per heavy atom. The molecule has 4 nitrogen and oxygen atoms in total. The fourth-order valence-corrected chi connectivity index (χ4v) is 3.00. The minimum Gasteiger partial charge on any atom is -0.389 e. The molecule has 0 aromatic heterocycles. The highest BCUT2D eigenvalue weighted by Crippen LogP contribution is 2.22. The lowest BCUT2D eigenvalue weighted by molar-refractivity contribution is -0.118. The first-order valence-electron chi connectivity index (χ1n) is 7.41. The molecule has 5 heteroatoms. The SMILES string of the molecule is CC1CCCN(CC(=O)Nc2ccccc2C(N)=S)C1C. The van der Waals surface area contributed by atoms with Crippen LogP contribution in [-0.2, 0) is 4.79 Å². The molecule has 0 spiro atoms. The van der Waals surface area contributed by atoms with Gasteiger partial charge >= 0.3 is 0 Å². The first-order chi connectivity index (χ1) is 9.99. The largest absolute Gasteiger partial charge is 0.389 e. The average molecular weight is 305 g/mol. The molecule has 1 saturated heterocycles. The number of benzene rings is 1. The van der Waals surface area contributed by atoms with Crippen LogP contribution in [0.1, 0.15) is 32.3 Å². The van der Waals surface area contributed by atoms with E-state index in [0.29, 0.717) is 34.7 Å². The van der Waals surface area contributed by atoms with Crippen molar-refractivity contribution in [1.82, 2.24) is 4.90 Å². The fourth-order valence-electron chi connectivity index (χ4n) is 2.83. The summed E-state index contributed by atoms with van der Waals surface area (Å²) in [5, 5.41) is 2.93. The number of carbonyl (C=O) groups is 1. The van der Waals surface area contributed by atoms with Crippen molar-refractivity contribution >= 4 is 28.8 Å². The second kappa shape index (κ2) is 7.00. The average Bonchev–Trinajstić information content (AvgIpc) is 2.44. The van der Waals surface area contributed by atoms with Crippen molar-refractivity contribution < 1.29 is 4.79 Å². The van der Waals surface area contributed by atoms with Gasteiger partial charge in [0, 0.05) is 11.6 Å². The maximum Gasteiger partial charge on any atom is 0.238 e. The van der Waals surface area contributed by atoms with Gasteiger partial charge in [-0.1, -0.05) is 31.3 Å². The highest BCUT2D eigenvalue weighted by molar-refractivity contribution is 7.80. The molecule has 1 amide bonds. The zero-order chi connectivity index (χ0) is 15.4. The number of rotatable bonds is 4. The first-order valence-corrected chi connectivity index (χ1v) is 7.82. The van der Waals surface area contributed by atoms with E-state index in [-0.39, 0.29) is 5.91 Å². The van der Waals surface area contributed by atoms with Crippen LogP contribution >= 0.6 is 12.2 Å². The number of thiocarbonyl (C=S) groups is 1. The number of nitrogens with one attached hydrogen (secondary N) is 1. The minimum atomic E-state index is -0.0142. The quantitative estimate of drug-likeness (QED) is 0.839. The van der Waals surface area contributed by atoms with Crippen molar-refractivity contribution in [3.05, 3.63) is 29.8 Å². The summed E-state index contributed by atoms with van der Waals surface area (Å²) in [4.78, 5) is 14.8. The van der Waals surface area contributed by atoms with Crippen LogP contribution in [0.25, 0.3) is 0 Å². The fraction of sp³-hybridized carbons (Fsp3) is 0.500. The van der Waals surface area contributed by atoms with E-state index in [0.717, 1.165) is 13.0 Å². The molecule has 0 radical (unpaired) electrons. The number of hydrogen-bond acceptors (Lipinski definition) is 3. The number of para-hydroxylation sites is 1. The maximum absolute atomic E-state index is 12.3. The topological polar surface area (TPSA) is 58.4 Å². The number of likely N-dealkylation sites (tertiary alicyclic amines) is 1. The van der Waals surface area contributed by atoms with Crippen molar-refractivity contribution in [3.63, 3.8) is 0 Å². The van der Waals surface area contributed by atoms with Gasteiger partial charge in [-0.25, -0.2) is 0 Å². The molecule has 1 aliphatic heterocycles. The van der Waals surface area contributed by atoms with Gasteiger partial charge in [0.15, 0.2) is 0 Å². The van der Waals surface area contributed by atoms with E-state index in [1.54, 1.807) is 0 Å². The van der Waals surface area contributed by atoms with E-state index in [2.05, 4.69) is 24.1 Å². The lowest BCUT2D eigenvalue weighted by Gasteiger charge is -2.37. The predicted octanol–water partition coefficient (Wildman–Crippen LogP) is 2.38. The van der Waals surface area contributed by atoms with Gasteiger partial charge in [-0.15, -0.1) is 0 Å². The molecule has 2 unspecified atom stereocenters. The molecule has 0 aliphatic carbocycles. The van der Waals surface area contributed by atoms with E-state index in [9.17, 15) is 4.79 Å². The van der Waals surface area contributed by atoms with Gasteiger partial charge in [0.05, 0.1) is 12.2 Å². The predicted molar refractivity (Wildman–Crippen MR) is 90.4 cm³/mol. The molecule has 1 aromatic rings. The number of nitrogens with two attached hydrogens (primary N) is 1. The van der Waals surface area contributed by atoms with Crippen molar-refractivity contribution in [2.75, 3.05) is 18.4 Å². The van der Waals surface area contributed by atoms with Gasteiger partial charge in [-0.2, -0.15) is 0 Å². The number of piperidine rings is 1. The van der Waals surface area contributed by atoms with E-state index in [4.69, 9.17) is 18.0 Å². The van der Waals surface area contributed by atoms with Crippen LogP contribution in [0.15, 0.2) is 24.3 Å². The third-order valence-corrected chi connectivity index (χ3v) is 4.54. The van der Waals surface area contributed by atoms with E-state index in [1.165, 1.54) is 6.42 Å². The molecule has 1 fully saturated rings. The Morgan fingerprint density at radius 3 is 2.86 bits per heavy atom. The lowest BCUT2D eigenvalue weighted by atomic mass is 9.92. The summed E-state index contributed by atoms with van der Waals surface area (Å²) in [6, 6.07) is 7.81. The third-order valence-electron chi connectivity index (χ3n) is 4.32. The van der Waals surface area contributed by atoms with Gasteiger partial charge in [0.1, 0.15) is 4.99 Å². The van der Waals surface area contributed by atoms with E-state index in [1.807, 2.05) is 24.3 Å². The van der Waals surface area contributed by atoms with Crippen molar-refractivity contribution in [2.24, 2.45) is 11.7 Å². The summed E-state index contributed by atoms with van der Waals surface area (Å²) in [6.07, 6.45) is 2.39. The Bertz CT molecular complexity index is 532. The second-order valence-electron chi connectivity index (χ2n) is 5.79. The molecule has 0 bridgehead atoms. The number of carbonyl (C=O) groups excluding carboxylic acids is 1. The van der Waals surface area contributed by atoms with Crippen LogP contribution in [0.3, 0.4) is 0 Å². The summed E-state index contributed by atoms with van der Waals surface area (Å²) in [5.41, 5.74) is 7.08. The number of hydrogen-bond donors (Lipinski definition) is 2. The zero-order valence-electron chi connectivity index (χ0n) is 12.6. The number of nitrogens with zero attached hydrogens (tertiary/aromatic N) is 1. The Morgan fingerprint density at radius 1 is 1.43 bits per heavy atom. The summed E-state index contributed by atoms with van der Waals surface area (Å²) in [7, 11) is 0. The summed E-state index contributed by atoms with van der Waals surface area (Å²) >= 11 is 5.01. The minimum absolute atomic E-state index is 0.0142. The van der Waals surface area contributed by atoms with Crippen molar-refractivity contribution in [2.45, 2.75) is 32.7 Å². The van der Waals surface area contributed by atoms with Crippen LogP contribution in [0.2, 0.25) is 0 Å². The smallest absolute Gasteiger partial charge is 0.238 e. The van der Waals surface area contributed by atoms with Crippen LogP contribution < -0.4 is 11.1 Å². The van der Waals surface area contributed by atoms with Gasteiger partial charge in [0.25, 0.3) is 0 Å². The summed E-state index contributed by atoms with van der Waals surface area (Å²) in [6.45, 7) is 5.84. The van der Waals surface area contributed by atoms with Gasteiger partial charge in [-0.05, 0) is 44.4 Å². The molecule has 2 rings (SSSR count). The van der Waals surface area contributed by atoms with Crippen LogP contribution in [0.5, 0.6) is 0 Å². The van der Waals surface area contributed by atoms with Crippen LogP contribution in [0, 0.1) is 5.92 Å². The molecule has 1 heterocycles. The molecule has 1 aromatic carbocycles. The van der Waals surface area contributed by atoms with Gasteiger partial charge in [-0.3, -0.25) is 9.69 Å². The molecule has 1 aliphatic rings. The highest BCUT2D eigenvalue weighted by atomic mass is 32.1. The van der Waals surface area contributed by atoms with Crippen LogP contribution in [-0.4, -0.2) is 34.9 Å². The van der Waals surface area contributed by atoms with E-state index >= 15 is 0 Å². The van der Waals surface area contributed by atoms with E-state index < -0.39 is 0 Å². The zero-order valence-corrected chi connectivity index (χ0v) is 13.5. The maximum atomic E-state index is 12.3. The Balaban J connectivity index is 2.00. The molecular weight excluding hydrogens is 282 g/mol. The Kier molecular flexibility index (Phi) is 5.31. The molecule has 3 N–H and O–H groups in total. The lowest BCUT2D eigenvalue weighted by Crippen LogP contribution is -2.46. The highest BCUT2D eigenvalue weighted by Gasteiger charge is 2.26. The second-order valence-corrected chi connectivity index (χ2v) is 6.23. The number of amides is 1. The van der Waals surface area contributed by atoms with Crippen molar-refractivity contribution in [1.29, 1.82) is 0 Å². The third kappa shape index (κ3) is 4.02. The standard InChI is InChI=1S/C16H23N3OS/c1-11-6-5-9-19(12(11)2)10-15(20)18-14-8-4-3-7-13(14)16(17)21/h3-4,7-8,11-12H,5-6,9-10H2,1-2H3,(H2,17,21)(H,18,20). The molecule has 0 saturated carbocycles. The summed E-state index contributed by atoms with van der Waals surface area (Å²) in [5.74, 6) is 0.620. The van der Waals surface area contributed by atoms with Crippen LogP contribution in [0.4, 0.5) is 5.69 Å². The molecule has 21 heavy (non-hydrogen) atoms. The Hall–Kier alpha value is -1.46.